The number of benzene rings is 2. The van der Waals surface area contributed by atoms with Crippen LogP contribution in [0.25, 0.3) is 0 Å². The molecule has 2 bridgehead atoms. The third-order valence-electron chi connectivity index (χ3n) is 6.37. The van der Waals surface area contributed by atoms with E-state index in [0.29, 0.717) is 0 Å². The smallest absolute Gasteiger partial charge is 0.417 e. The van der Waals surface area contributed by atoms with E-state index in [1.807, 2.05) is 24.3 Å². The monoisotopic (exact) mass is 478 g/mol. The molecule has 0 amide bonds. The zero-order valence-corrected chi connectivity index (χ0v) is 19.0. The van der Waals surface area contributed by atoms with Crippen molar-refractivity contribution in [1.29, 1.82) is 0 Å². The predicted octanol–water partition coefficient (Wildman–Crippen LogP) is 3.00. The van der Waals surface area contributed by atoms with E-state index in [4.69, 9.17) is 18.9 Å². The molecule has 2 aromatic carbocycles. The van der Waals surface area contributed by atoms with E-state index in [1.54, 1.807) is 48.5 Å². The normalized spacial score (nSPS) is 21.8. The summed E-state index contributed by atoms with van der Waals surface area (Å²) in [5.41, 5.74) is 1.52. The number of hydrogen-bond donors (Lipinski definition) is 0. The van der Waals surface area contributed by atoms with Crippen molar-refractivity contribution in [2.24, 2.45) is 23.7 Å². The third kappa shape index (κ3) is 6.35. The first-order valence-corrected chi connectivity index (χ1v) is 11.4. The van der Waals surface area contributed by atoms with Gasteiger partial charge in [0.1, 0.15) is 13.2 Å². The molecule has 0 heterocycles. The molecule has 2 aromatic rings. The lowest BCUT2D eigenvalue weighted by molar-refractivity contribution is -0.171. The molecule has 0 radical (unpaired) electrons. The molecule has 1 fully saturated rings. The van der Waals surface area contributed by atoms with Gasteiger partial charge in [0.05, 0.1) is 13.2 Å². The molecule has 4 rings (SSSR count). The summed E-state index contributed by atoms with van der Waals surface area (Å²) in [4.78, 5) is 48.2. The third-order valence-corrected chi connectivity index (χ3v) is 6.37. The number of fused-ring (bicyclic) bond motifs is 2. The maximum absolute atomic E-state index is 12.1. The minimum atomic E-state index is -1.06. The van der Waals surface area contributed by atoms with Gasteiger partial charge in [0.2, 0.25) is 0 Å². The largest absolute Gasteiger partial charge is 0.457 e. The van der Waals surface area contributed by atoms with E-state index in [9.17, 15) is 19.2 Å². The molecule has 0 saturated heterocycles. The first kappa shape index (κ1) is 24.2. The number of carbonyl (C=O) groups excluding carboxylic acids is 4. The molecule has 0 aliphatic heterocycles. The standard InChI is InChI=1S/C27H26O8/c28-24(32-14-18-7-3-1-4-8-18)26(30)34-16-22-20-11-12-21(13-20)23(22)17-35-27(31)25(29)33-15-19-9-5-2-6-10-19/h1-12,20-23H,13-17H2/t20-,21+,22?,23?. The molecule has 8 heteroatoms. The zero-order valence-electron chi connectivity index (χ0n) is 19.0. The molecule has 0 aromatic heterocycles. The van der Waals surface area contributed by atoms with Crippen molar-refractivity contribution in [3.8, 4) is 0 Å². The highest BCUT2D eigenvalue weighted by Gasteiger charge is 2.46. The summed E-state index contributed by atoms with van der Waals surface area (Å²) in [5.74, 6) is -4.23. The Bertz CT molecular complexity index is 993. The molecule has 4 atom stereocenters. The second-order valence-corrected chi connectivity index (χ2v) is 8.60. The second-order valence-electron chi connectivity index (χ2n) is 8.60. The van der Waals surface area contributed by atoms with E-state index in [-0.39, 0.29) is 50.1 Å². The van der Waals surface area contributed by atoms with Gasteiger partial charge in [0.25, 0.3) is 0 Å². The average Bonchev–Trinajstić information content (AvgIpc) is 3.50. The minimum absolute atomic E-state index is 0.00848. The van der Waals surface area contributed by atoms with Crippen LogP contribution in [0.4, 0.5) is 0 Å². The van der Waals surface area contributed by atoms with Gasteiger partial charge in [0.15, 0.2) is 0 Å². The Morgan fingerprint density at radius 3 is 1.34 bits per heavy atom. The second kappa shape index (κ2) is 11.5. The molecule has 2 unspecified atom stereocenters. The van der Waals surface area contributed by atoms with E-state index >= 15 is 0 Å². The number of carbonyl (C=O) groups is 4. The van der Waals surface area contributed by atoms with Gasteiger partial charge in [-0.1, -0.05) is 72.8 Å². The van der Waals surface area contributed by atoms with Gasteiger partial charge in [-0.05, 0) is 29.4 Å². The van der Waals surface area contributed by atoms with Gasteiger partial charge in [-0.3, -0.25) is 0 Å². The number of rotatable bonds is 8. The topological polar surface area (TPSA) is 105 Å². The lowest BCUT2D eigenvalue weighted by atomic mass is 9.84. The quantitative estimate of drug-likeness (QED) is 0.247. The summed E-state index contributed by atoms with van der Waals surface area (Å²) in [7, 11) is 0. The van der Waals surface area contributed by atoms with Crippen LogP contribution in [0.2, 0.25) is 0 Å². The highest BCUT2D eigenvalue weighted by Crippen LogP contribution is 2.48. The lowest BCUT2D eigenvalue weighted by Gasteiger charge is -2.27. The SMILES string of the molecule is O=C(OCc1ccccc1)C(=O)OCC1C(COC(=O)C(=O)OCc2ccccc2)[C@H]2C=C[C@@H]1C2. The number of allylic oxidation sites excluding steroid dienone is 2. The van der Waals surface area contributed by atoms with E-state index < -0.39 is 23.9 Å². The Balaban J connectivity index is 1.22. The molecule has 2 aliphatic rings. The summed E-state index contributed by atoms with van der Waals surface area (Å²) in [6.45, 7) is -0.0634. The van der Waals surface area contributed by atoms with Crippen molar-refractivity contribution < 1.29 is 38.1 Å². The number of ether oxygens (including phenoxy) is 4. The first-order chi connectivity index (χ1) is 17.0. The van der Waals surface area contributed by atoms with Crippen LogP contribution >= 0.6 is 0 Å². The fourth-order valence-corrected chi connectivity index (χ4v) is 4.55. The summed E-state index contributed by atoms with van der Waals surface area (Å²) >= 11 is 0. The predicted molar refractivity (Wildman–Crippen MR) is 122 cm³/mol. The Labute approximate surface area is 202 Å². The lowest BCUT2D eigenvalue weighted by Crippen LogP contribution is -2.32. The van der Waals surface area contributed by atoms with Crippen LogP contribution in [-0.2, 0) is 51.3 Å². The fraction of sp³-hybridized carbons (Fsp3) is 0.333. The summed E-state index contributed by atoms with van der Waals surface area (Å²) < 4.78 is 20.5. The van der Waals surface area contributed by atoms with E-state index in [0.717, 1.165) is 17.5 Å². The summed E-state index contributed by atoms with van der Waals surface area (Å²) in [6, 6.07) is 18.0. The molecule has 1 saturated carbocycles. The molecule has 0 N–H and O–H groups in total. The van der Waals surface area contributed by atoms with Crippen LogP contribution in [0.15, 0.2) is 72.8 Å². The maximum Gasteiger partial charge on any atom is 0.417 e. The van der Waals surface area contributed by atoms with E-state index in [2.05, 4.69) is 0 Å². The molecule has 8 nitrogen and oxygen atoms in total. The van der Waals surface area contributed by atoms with Gasteiger partial charge in [-0.2, -0.15) is 0 Å². The molecule has 0 spiro atoms. The minimum Gasteiger partial charge on any atom is -0.457 e. The Hall–Kier alpha value is -3.94. The molecular formula is C27H26O8. The number of esters is 4. The van der Waals surface area contributed by atoms with Gasteiger partial charge in [0, 0.05) is 11.8 Å². The van der Waals surface area contributed by atoms with Crippen LogP contribution in [0.3, 0.4) is 0 Å². The van der Waals surface area contributed by atoms with Crippen molar-refractivity contribution in [3.05, 3.63) is 83.9 Å². The molecular weight excluding hydrogens is 452 g/mol. The van der Waals surface area contributed by atoms with Crippen molar-refractivity contribution in [1.82, 2.24) is 0 Å². The fourth-order valence-electron chi connectivity index (χ4n) is 4.55. The summed E-state index contributed by atoms with van der Waals surface area (Å²) in [6.07, 6.45) is 4.92. The zero-order chi connectivity index (χ0) is 24.6. The van der Waals surface area contributed by atoms with Crippen molar-refractivity contribution in [2.75, 3.05) is 13.2 Å². The van der Waals surface area contributed by atoms with E-state index in [1.165, 1.54) is 0 Å². The highest BCUT2D eigenvalue weighted by atomic mass is 16.6. The Kier molecular flexibility index (Phi) is 7.92. The molecule has 182 valence electrons. The maximum atomic E-state index is 12.1. The van der Waals surface area contributed by atoms with Crippen LogP contribution < -0.4 is 0 Å². The van der Waals surface area contributed by atoms with Gasteiger partial charge in [-0.15, -0.1) is 0 Å². The van der Waals surface area contributed by atoms with Gasteiger partial charge >= 0.3 is 23.9 Å². The van der Waals surface area contributed by atoms with Crippen molar-refractivity contribution >= 4 is 23.9 Å². The molecule has 2 aliphatic carbocycles. The molecule has 35 heavy (non-hydrogen) atoms. The number of hydrogen-bond acceptors (Lipinski definition) is 8. The highest BCUT2D eigenvalue weighted by molar-refractivity contribution is 6.30. The van der Waals surface area contributed by atoms with Crippen LogP contribution in [0, 0.1) is 23.7 Å². The van der Waals surface area contributed by atoms with Crippen LogP contribution in [0.5, 0.6) is 0 Å². The van der Waals surface area contributed by atoms with Crippen molar-refractivity contribution in [3.63, 3.8) is 0 Å². The van der Waals surface area contributed by atoms with Crippen LogP contribution in [0.1, 0.15) is 17.5 Å². The first-order valence-electron chi connectivity index (χ1n) is 11.4. The Morgan fingerprint density at radius 1 is 0.571 bits per heavy atom. The summed E-state index contributed by atoms with van der Waals surface area (Å²) in [5, 5.41) is 0. The van der Waals surface area contributed by atoms with Crippen molar-refractivity contribution in [2.45, 2.75) is 19.6 Å². The van der Waals surface area contributed by atoms with Gasteiger partial charge in [-0.25, -0.2) is 19.2 Å². The van der Waals surface area contributed by atoms with Gasteiger partial charge < -0.3 is 18.9 Å². The Morgan fingerprint density at radius 2 is 0.943 bits per heavy atom. The average molecular weight is 478 g/mol. The van der Waals surface area contributed by atoms with Crippen LogP contribution in [-0.4, -0.2) is 37.1 Å².